The molecule has 1 heterocycles. The van der Waals surface area contributed by atoms with E-state index in [-0.39, 0.29) is 11.8 Å². The highest BCUT2D eigenvalue weighted by molar-refractivity contribution is 8.00. The van der Waals surface area contributed by atoms with Gasteiger partial charge < -0.3 is 10.6 Å². The molecule has 1 aromatic heterocycles. The number of benzene rings is 4. The Morgan fingerprint density at radius 3 is 2.23 bits per heavy atom. The summed E-state index contributed by atoms with van der Waals surface area (Å²) < 4.78 is 0. The molecule has 0 saturated carbocycles. The Hall–Kier alpha value is -3.87. The highest BCUT2D eigenvalue weighted by atomic mass is 32.2. The molecule has 1 atom stereocenters. The predicted octanol–water partition coefficient (Wildman–Crippen LogP) is 7.63. The number of fused-ring (bicyclic) bond motifs is 1. The van der Waals surface area contributed by atoms with Gasteiger partial charge in [-0.25, -0.2) is 0 Å². The van der Waals surface area contributed by atoms with Gasteiger partial charge >= 0.3 is 0 Å². The number of anilines is 2. The van der Waals surface area contributed by atoms with Crippen molar-refractivity contribution in [2.75, 3.05) is 10.6 Å². The number of thioether (sulfide) groups is 1. The van der Waals surface area contributed by atoms with Crippen molar-refractivity contribution in [3.63, 3.8) is 0 Å². The molecule has 0 radical (unpaired) electrons. The summed E-state index contributed by atoms with van der Waals surface area (Å²) in [6, 6.07) is 34.9. The van der Waals surface area contributed by atoms with E-state index in [1.165, 1.54) is 23.1 Å². The standard InChI is InChI=1S/C29H22N2O2S2/c32-28(26-14-7-19-34-26)30-22-15-17-23(18-16-22)35-27(21-9-2-1-3-10-21)29(33)31-25-13-6-11-20-8-4-5-12-24(20)25/h1-19,27H,(H,30,32)(H,31,33). The van der Waals surface area contributed by atoms with Gasteiger partial charge in [0, 0.05) is 21.7 Å². The molecule has 4 aromatic carbocycles. The highest BCUT2D eigenvalue weighted by Gasteiger charge is 2.23. The minimum absolute atomic E-state index is 0.0902. The lowest BCUT2D eigenvalue weighted by Gasteiger charge is -2.18. The maximum absolute atomic E-state index is 13.5. The number of hydrogen-bond donors (Lipinski definition) is 2. The minimum Gasteiger partial charge on any atom is -0.324 e. The van der Waals surface area contributed by atoms with Gasteiger partial charge in [-0.2, -0.15) is 0 Å². The quantitative estimate of drug-likeness (QED) is 0.229. The normalized spacial score (nSPS) is 11.7. The largest absolute Gasteiger partial charge is 0.324 e. The molecule has 0 bridgehead atoms. The lowest BCUT2D eigenvalue weighted by molar-refractivity contribution is -0.115. The molecular weight excluding hydrogens is 472 g/mol. The Labute approximate surface area is 212 Å². The smallest absolute Gasteiger partial charge is 0.265 e. The molecule has 1 unspecified atom stereocenters. The zero-order chi connectivity index (χ0) is 24.0. The van der Waals surface area contributed by atoms with Crippen LogP contribution in [0.4, 0.5) is 11.4 Å². The fourth-order valence-electron chi connectivity index (χ4n) is 3.79. The topological polar surface area (TPSA) is 58.2 Å². The van der Waals surface area contributed by atoms with Gasteiger partial charge in [0.05, 0.1) is 4.88 Å². The van der Waals surface area contributed by atoms with Gasteiger partial charge in [-0.3, -0.25) is 9.59 Å². The predicted molar refractivity (Wildman–Crippen MR) is 146 cm³/mol. The van der Waals surface area contributed by atoms with Crippen molar-refractivity contribution in [3.05, 3.63) is 125 Å². The van der Waals surface area contributed by atoms with Gasteiger partial charge in [0.25, 0.3) is 5.91 Å². The van der Waals surface area contributed by atoms with E-state index in [1.807, 2.05) is 109 Å². The van der Waals surface area contributed by atoms with Crippen LogP contribution in [0.5, 0.6) is 0 Å². The molecule has 35 heavy (non-hydrogen) atoms. The first kappa shape index (κ1) is 22.9. The number of hydrogen-bond acceptors (Lipinski definition) is 4. The van der Waals surface area contributed by atoms with Gasteiger partial charge in [-0.1, -0.05) is 72.8 Å². The molecule has 0 spiro atoms. The summed E-state index contributed by atoms with van der Waals surface area (Å²) in [6.45, 7) is 0. The molecule has 0 saturated heterocycles. The van der Waals surface area contributed by atoms with Crippen LogP contribution in [-0.2, 0) is 4.79 Å². The molecule has 0 aliphatic heterocycles. The fraction of sp³-hybridized carbons (Fsp3) is 0.0345. The first-order chi connectivity index (χ1) is 17.2. The summed E-state index contributed by atoms with van der Waals surface area (Å²) >= 11 is 2.88. The van der Waals surface area contributed by atoms with Crippen molar-refractivity contribution in [1.82, 2.24) is 0 Å². The maximum Gasteiger partial charge on any atom is 0.265 e. The molecule has 2 amide bonds. The number of amides is 2. The van der Waals surface area contributed by atoms with Crippen LogP contribution < -0.4 is 10.6 Å². The van der Waals surface area contributed by atoms with Crippen LogP contribution >= 0.6 is 23.1 Å². The number of carbonyl (C=O) groups is 2. The molecule has 6 heteroatoms. The molecule has 5 rings (SSSR count). The molecule has 2 N–H and O–H groups in total. The Kier molecular flexibility index (Phi) is 6.93. The van der Waals surface area contributed by atoms with Gasteiger partial charge in [0.2, 0.25) is 5.91 Å². The zero-order valence-corrected chi connectivity index (χ0v) is 20.3. The minimum atomic E-state index is -0.443. The molecule has 0 fully saturated rings. The SMILES string of the molecule is O=C(Nc1ccc(SC(C(=O)Nc2cccc3ccccc23)c2ccccc2)cc1)c1cccs1. The van der Waals surface area contributed by atoms with E-state index in [1.54, 1.807) is 6.07 Å². The van der Waals surface area contributed by atoms with E-state index >= 15 is 0 Å². The van der Waals surface area contributed by atoms with Crippen LogP contribution in [0.1, 0.15) is 20.5 Å². The summed E-state index contributed by atoms with van der Waals surface area (Å²) in [7, 11) is 0. The second-order valence-corrected chi connectivity index (χ2v) is 10.0. The van der Waals surface area contributed by atoms with Gasteiger partial charge in [-0.15, -0.1) is 23.1 Å². The van der Waals surface area contributed by atoms with Crippen LogP contribution in [0.15, 0.2) is 119 Å². The van der Waals surface area contributed by atoms with Crippen molar-refractivity contribution in [2.45, 2.75) is 10.1 Å². The number of nitrogens with one attached hydrogen (secondary N) is 2. The van der Waals surface area contributed by atoms with E-state index in [9.17, 15) is 9.59 Å². The van der Waals surface area contributed by atoms with Crippen LogP contribution in [0.2, 0.25) is 0 Å². The van der Waals surface area contributed by atoms with Crippen molar-refractivity contribution < 1.29 is 9.59 Å². The summed E-state index contributed by atoms with van der Waals surface area (Å²) in [5, 5.41) is 9.57. The molecule has 172 valence electrons. The maximum atomic E-state index is 13.5. The average Bonchev–Trinajstić information content (AvgIpc) is 3.44. The summed E-state index contributed by atoms with van der Waals surface area (Å²) in [6.07, 6.45) is 0. The Morgan fingerprint density at radius 1 is 0.714 bits per heavy atom. The van der Waals surface area contributed by atoms with E-state index in [0.29, 0.717) is 10.6 Å². The first-order valence-electron chi connectivity index (χ1n) is 11.1. The first-order valence-corrected chi connectivity index (χ1v) is 12.9. The zero-order valence-electron chi connectivity index (χ0n) is 18.7. The van der Waals surface area contributed by atoms with Crippen molar-refractivity contribution in [2.24, 2.45) is 0 Å². The molecule has 5 aromatic rings. The van der Waals surface area contributed by atoms with Gasteiger partial charge in [0.1, 0.15) is 5.25 Å². The molecule has 0 aliphatic rings. The van der Waals surface area contributed by atoms with E-state index in [4.69, 9.17) is 0 Å². The third-order valence-electron chi connectivity index (χ3n) is 5.50. The monoisotopic (exact) mass is 494 g/mol. The number of carbonyl (C=O) groups excluding carboxylic acids is 2. The third kappa shape index (κ3) is 5.45. The summed E-state index contributed by atoms with van der Waals surface area (Å²) in [4.78, 5) is 27.4. The lowest BCUT2D eigenvalue weighted by atomic mass is 10.1. The summed E-state index contributed by atoms with van der Waals surface area (Å²) in [5.74, 6) is -0.218. The van der Waals surface area contributed by atoms with Crippen LogP contribution in [0, 0.1) is 0 Å². The van der Waals surface area contributed by atoms with Gasteiger partial charge in [0.15, 0.2) is 0 Å². The molecular formula is C29H22N2O2S2. The molecule has 0 aliphatic carbocycles. The number of rotatable bonds is 7. The van der Waals surface area contributed by atoms with Crippen molar-refractivity contribution in [3.8, 4) is 0 Å². The van der Waals surface area contributed by atoms with E-state index < -0.39 is 5.25 Å². The van der Waals surface area contributed by atoms with Crippen LogP contribution in [-0.4, -0.2) is 11.8 Å². The molecule has 4 nitrogen and oxygen atoms in total. The van der Waals surface area contributed by atoms with Gasteiger partial charge in [-0.05, 0) is 52.7 Å². The lowest BCUT2D eigenvalue weighted by Crippen LogP contribution is -2.19. The highest BCUT2D eigenvalue weighted by Crippen LogP contribution is 2.37. The van der Waals surface area contributed by atoms with Crippen LogP contribution in [0.25, 0.3) is 10.8 Å². The second-order valence-electron chi connectivity index (χ2n) is 7.88. The Balaban J connectivity index is 1.36. The summed E-state index contributed by atoms with van der Waals surface area (Å²) in [5.41, 5.74) is 2.43. The third-order valence-corrected chi connectivity index (χ3v) is 7.63. The van der Waals surface area contributed by atoms with Crippen molar-refractivity contribution in [1.29, 1.82) is 0 Å². The van der Waals surface area contributed by atoms with Crippen molar-refractivity contribution >= 4 is 57.1 Å². The Bertz CT molecular complexity index is 1440. The van der Waals surface area contributed by atoms with Crippen LogP contribution in [0.3, 0.4) is 0 Å². The second kappa shape index (κ2) is 10.6. The Morgan fingerprint density at radius 2 is 1.46 bits per heavy atom. The van der Waals surface area contributed by atoms with E-state index in [0.717, 1.165) is 26.9 Å². The fourth-order valence-corrected chi connectivity index (χ4v) is 5.43. The average molecular weight is 495 g/mol. The number of thiophene rings is 1. The van der Waals surface area contributed by atoms with E-state index in [2.05, 4.69) is 10.6 Å².